The molecule has 0 atom stereocenters. The molecular formula is C17H29IN4O. The number of hydrogen-bond donors (Lipinski definition) is 2. The first kappa shape index (κ1) is 20.2. The molecule has 1 aromatic rings. The van der Waals surface area contributed by atoms with E-state index in [0.29, 0.717) is 5.96 Å². The van der Waals surface area contributed by atoms with E-state index in [0.717, 1.165) is 64.3 Å². The fourth-order valence-corrected chi connectivity index (χ4v) is 2.53. The number of rotatable bonds is 7. The van der Waals surface area contributed by atoms with Crippen LogP contribution in [-0.4, -0.2) is 50.3 Å². The molecule has 1 aliphatic rings. The van der Waals surface area contributed by atoms with Gasteiger partial charge in [-0.05, 0) is 43.5 Å². The van der Waals surface area contributed by atoms with Crippen molar-refractivity contribution in [3.05, 3.63) is 29.8 Å². The number of nitrogens with two attached hydrogens (primary N) is 1. The highest BCUT2D eigenvalue weighted by atomic mass is 127. The van der Waals surface area contributed by atoms with Crippen LogP contribution in [-0.2, 0) is 11.2 Å². The molecule has 1 fully saturated rings. The van der Waals surface area contributed by atoms with Crippen molar-refractivity contribution >= 4 is 35.6 Å². The van der Waals surface area contributed by atoms with Crippen LogP contribution < -0.4 is 11.1 Å². The fourth-order valence-electron chi connectivity index (χ4n) is 2.53. The Labute approximate surface area is 156 Å². The first-order valence-corrected chi connectivity index (χ1v) is 8.24. The quantitative estimate of drug-likeness (QED) is 0.301. The highest BCUT2D eigenvalue weighted by molar-refractivity contribution is 14.0. The van der Waals surface area contributed by atoms with Gasteiger partial charge in [0, 0.05) is 25.3 Å². The number of guanidine groups is 1. The van der Waals surface area contributed by atoms with Crippen LogP contribution in [0, 0.1) is 0 Å². The van der Waals surface area contributed by atoms with E-state index >= 15 is 0 Å². The van der Waals surface area contributed by atoms with Gasteiger partial charge < -0.3 is 15.8 Å². The van der Waals surface area contributed by atoms with E-state index in [1.165, 1.54) is 5.56 Å². The monoisotopic (exact) mass is 432 g/mol. The molecule has 0 radical (unpaired) electrons. The molecule has 0 aliphatic carbocycles. The van der Waals surface area contributed by atoms with Crippen molar-refractivity contribution in [1.29, 1.82) is 0 Å². The van der Waals surface area contributed by atoms with Crippen LogP contribution in [0.4, 0.5) is 5.69 Å². The molecule has 1 aliphatic heterocycles. The van der Waals surface area contributed by atoms with Crippen LogP contribution in [0.25, 0.3) is 0 Å². The minimum Gasteiger partial charge on any atom is -0.379 e. The van der Waals surface area contributed by atoms with Crippen molar-refractivity contribution in [2.75, 3.05) is 44.7 Å². The summed E-state index contributed by atoms with van der Waals surface area (Å²) in [6, 6.07) is 8.28. The molecule has 130 valence electrons. The number of nitrogens with one attached hydrogen (secondary N) is 1. The Morgan fingerprint density at radius 1 is 1.30 bits per heavy atom. The highest BCUT2D eigenvalue weighted by Gasteiger charge is 2.08. The zero-order valence-corrected chi connectivity index (χ0v) is 16.3. The summed E-state index contributed by atoms with van der Waals surface area (Å²) >= 11 is 0. The second-order valence-electron chi connectivity index (χ2n) is 5.61. The SMILES string of the molecule is CCc1cccc(NC(N)=NCCCCN2CCOCC2)c1.I. The van der Waals surface area contributed by atoms with Gasteiger partial charge in [0.2, 0.25) is 0 Å². The Hall–Kier alpha value is -0.860. The molecule has 0 aromatic heterocycles. The number of anilines is 1. The molecule has 3 N–H and O–H groups in total. The van der Waals surface area contributed by atoms with Crippen molar-refractivity contribution in [2.45, 2.75) is 26.2 Å². The third-order valence-electron chi connectivity index (χ3n) is 3.88. The summed E-state index contributed by atoms with van der Waals surface area (Å²) in [7, 11) is 0. The van der Waals surface area contributed by atoms with Gasteiger partial charge >= 0.3 is 0 Å². The summed E-state index contributed by atoms with van der Waals surface area (Å²) in [5.41, 5.74) is 8.24. The Kier molecular flexibility index (Phi) is 10.2. The van der Waals surface area contributed by atoms with Gasteiger partial charge in [0.25, 0.3) is 0 Å². The molecule has 0 amide bonds. The maximum atomic E-state index is 5.93. The molecule has 0 saturated carbocycles. The van der Waals surface area contributed by atoms with Gasteiger partial charge in [-0.15, -0.1) is 24.0 Å². The van der Waals surface area contributed by atoms with Crippen LogP contribution in [0.1, 0.15) is 25.3 Å². The largest absolute Gasteiger partial charge is 0.379 e. The van der Waals surface area contributed by atoms with E-state index in [9.17, 15) is 0 Å². The van der Waals surface area contributed by atoms with E-state index in [2.05, 4.69) is 34.3 Å². The molecule has 0 unspecified atom stereocenters. The third-order valence-corrected chi connectivity index (χ3v) is 3.88. The number of ether oxygens (including phenoxy) is 1. The van der Waals surface area contributed by atoms with Gasteiger partial charge in [-0.3, -0.25) is 9.89 Å². The van der Waals surface area contributed by atoms with Gasteiger partial charge in [-0.1, -0.05) is 19.1 Å². The second kappa shape index (κ2) is 11.6. The summed E-state index contributed by atoms with van der Waals surface area (Å²) in [6.45, 7) is 7.89. The fraction of sp³-hybridized carbons (Fsp3) is 0.588. The van der Waals surface area contributed by atoms with Crippen molar-refractivity contribution < 1.29 is 4.74 Å². The molecule has 1 heterocycles. The average Bonchev–Trinajstić information content (AvgIpc) is 2.55. The minimum absolute atomic E-state index is 0. The maximum absolute atomic E-state index is 5.93. The zero-order chi connectivity index (χ0) is 15.6. The van der Waals surface area contributed by atoms with Gasteiger partial charge in [-0.25, -0.2) is 0 Å². The van der Waals surface area contributed by atoms with E-state index in [1.807, 2.05) is 12.1 Å². The normalized spacial score (nSPS) is 16.0. The number of benzene rings is 1. The summed E-state index contributed by atoms with van der Waals surface area (Å²) in [6.07, 6.45) is 3.24. The molecule has 5 nitrogen and oxygen atoms in total. The molecule has 1 saturated heterocycles. The van der Waals surface area contributed by atoms with Crippen LogP contribution in [0.5, 0.6) is 0 Å². The van der Waals surface area contributed by atoms with E-state index in [4.69, 9.17) is 10.5 Å². The number of unbranched alkanes of at least 4 members (excludes halogenated alkanes) is 1. The van der Waals surface area contributed by atoms with E-state index in [-0.39, 0.29) is 24.0 Å². The lowest BCUT2D eigenvalue weighted by Crippen LogP contribution is -2.36. The topological polar surface area (TPSA) is 62.9 Å². The van der Waals surface area contributed by atoms with E-state index in [1.54, 1.807) is 0 Å². The Balaban J connectivity index is 0.00000264. The lowest BCUT2D eigenvalue weighted by molar-refractivity contribution is 0.0373. The smallest absolute Gasteiger partial charge is 0.193 e. The Bertz CT molecular complexity index is 475. The standard InChI is InChI=1S/C17H28N4O.HI/c1-2-15-6-5-7-16(14-15)20-17(18)19-8-3-4-9-21-10-12-22-13-11-21;/h5-7,14H,2-4,8-13H2,1H3,(H3,18,19,20);1H. The molecule has 23 heavy (non-hydrogen) atoms. The number of halogens is 1. The molecular weight excluding hydrogens is 403 g/mol. The van der Waals surface area contributed by atoms with Crippen molar-refractivity contribution in [1.82, 2.24) is 4.90 Å². The summed E-state index contributed by atoms with van der Waals surface area (Å²) < 4.78 is 5.34. The lowest BCUT2D eigenvalue weighted by Gasteiger charge is -2.26. The van der Waals surface area contributed by atoms with Gasteiger partial charge in [0.1, 0.15) is 0 Å². The van der Waals surface area contributed by atoms with Crippen molar-refractivity contribution in [2.24, 2.45) is 10.7 Å². The van der Waals surface area contributed by atoms with Crippen LogP contribution in [0.3, 0.4) is 0 Å². The van der Waals surface area contributed by atoms with E-state index < -0.39 is 0 Å². The number of aryl methyl sites for hydroxylation is 1. The van der Waals surface area contributed by atoms with Gasteiger partial charge in [-0.2, -0.15) is 0 Å². The molecule has 6 heteroatoms. The zero-order valence-electron chi connectivity index (χ0n) is 14.0. The summed E-state index contributed by atoms with van der Waals surface area (Å²) in [5, 5.41) is 3.16. The summed E-state index contributed by atoms with van der Waals surface area (Å²) in [4.78, 5) is 6.85. The number of aliphatic imine (C=N–C) groups is 1. The number of nitrogens with zero attached hydrogens (tertiary/aromatic N) is 2. The number of hydrogen-bond acceptors (Lipinski definition) is 3. The molecule has 0 spiro atoms. The Morgan fingerprint density at radius 3 is 2.83 bits per heavy atom. The molecule has 2 rings (SSSR count). The summed E-state index contributed by atoms with van der Waals surface area (Å²) in [5.74, 6) is 0.500. The van der Waals surface area contributed by atoms with Gasteiger partial charge in [0.15, 0.2) is 5.96 Å². The average molecular weight is 432 g/mol. The van der Waals surface area contributed by atoms with Crippen molar-refractivity contribution in [3.8, 4) is 0 Å². The maximum Gasteiger partial charge on any atom is 0.193 e. The first-order valence-electron chi connectivity index (χ1n) is 8.24. The molecule has 1 aromatic carbocycles. The molecule has 0 bridgehead atoms. The van der Waals surface area contributed by atoms with Crippen LogP contribution in [0.2, 0.25) is 0 Å². The van der Waals surface area contributed by atoms with Crippen LogP contribution >= 0.6 is 24.0 Å². The van der Waals surface area contributed by atoms with Crippen molar-refractivity contribution in [3.63, 3.8) is 0 Å². The van der Waals surface area contributed by atoms with Crippen LogP contribution in [0.15, 0.2) is 29.3 Å². The minimum atomic E-state index is 0. The highest BCUT2D eigenvalue weighted by Crippen LogP contribution is 2.10. The predicted molar refractivity (Wildman–Crippen MR) is 108 cm³/mol. The lowest BCUT2D eigenvalue weighted by atomic mass is 10.1. The van der Waals surface area contributed by atoms with Gasteiger partial charge in [0.05, 0.1) is 13.2 Å². The Morgan fingerprint density at radius 2 is 2.09 bits per heavy atom. The third kappa shape index (κ3) is 7.99. The second-order valence-corrected chi connectivity index (χ2v) is 5.61. The number of morpholine rings is 1. The predicted octanol–water partition coefficient (Wildman–Crippen LogP) is 2.71. The first-order chi connectivity index (χ1) is 10.8.